The predicted molar refractivity (Wildman–Crippen MR) is 140 cm³/mol. The van der Waals surface area contributed by atoms with Gasteiger partial charge in [0.1, 0.15) is 21.4 Å². The number of methoxy groups -OCH3 is 1. The molecule has 0 heterocycles. The first-order valence-corrected chi connectivity index (χ1v) is 12.8. The second kappa shape index (κ2) is 12.0. The van der Waals surface area contributed by atoms with E-state index in [2.05, 4.69) is 15.5 Å². The molecule has 0 saturated heterocycles. The van der Waals surface area contributed by atoms with Gasteiger partial charge in [-0.05, 0) is 42.1 Å². The molecule has 0 fully saturated rings. The molecule has 2 N–H and O–H groups in total. The van der Waals surface area contributed by atoms with Gasteiger partial charge in [0, 0.05) is 10.9 Å². The molecule has 0 aromatic heterocycles. The number of amides is 1. The number of azo groups is 1. The van der Waals surface area contributed by atoms with Gasteiger partial charge in [-0.1, -0.05) is 65.3 Å². The van der Waals surface area contributed by atoms with E-state index in [4.69, 9.17) is 27.9 Å². The number of fused-ring (bicyclic) bond motifs is 1. The molecule has 1 amide bonds. The van der Waals surface area contributed by atoms with Crippen molar-refractivity contribution >= 4 is 67.1 Å². The molecule has 0 atom stereocenters. The number of hydrogen-bond acceptors (Lipinski definition) is 7. The van der Waals surface area contributed by atoms with Crippen LogP contribution in [0.1, 0.15) is 15.9 Å². The topological polar surface area (TPSA) is 140 Å². The Morgan fingerprint density at radius 1 is 1.00 bits per heavy atom. The van der Waals surface area contributed by atoms with Gasteiger partial charge in [0.2, 0.25) is 0 Å². The number of carbonyl (C=O) groups is 1. The maximum Gasteiger partial charge on any atom is 1.00 e. The molecule has 0 aliphatic rings. The first-order chi connectivity index (χ1) is 17.5. The van der Waals surface area contributed by atoms with E-state index in [1.54, 1.807) is 49.4 Å². The molecule has 0 saturated carbocycles. The third-order valence-electron chi connectivity index (χ3n) is 5.45. The SMILES string of the molecule is COc1cccc(NC(=O)c2cc3ccccc3c(N=Nc3c(S(=O)(=O)O)ccc(C)c3Cl)c2[O-])c1Cl.[Na+]. The quantitative estimate of drug-likeness (QED) is 0.203. The Bertz CT molecular complexity index is 1700. The maximum atomic E-state index is 13.4. The van der Waals surface area contributed by atoms with Crippen molar-refractivity contribution in [1.82, 2.24) is 0 Å². The van der Waals surface area contributed by atoms with E-state index in [0.717, 1.165) is 6.07 Å². The van der Waals surface area contributed by atoms with E-state index in [-0.39, 0.29) is 62.2 Å². The largest absolute Gasteiger partial charge is 1.00 e. The number of halogens is 2. The minimum atomic E-state index is -4.70. The fourth-order valence-electron chi connectivity index (χ4n) is 3.58. The van der Waals surface area contributed by atoms with Gasteiger partial charge in [0.15, 0.2) is 0 Å². The van der Waals surface area contributed by atoms with Crippen LogP contribution in [0.3, 0.4) is 0 Å². The van der Waals surface area contributed by atoms with E-state index in [1.807, 2.05) is 0 Å². The molecule has 0 spiro atoms. The van der Waals surface area contributed by atoms with Gasteiger partial charge < -0.3 is 15.2 Å². The van der Waals surface area contributed by atoms with Crippen LogP contribution < -0.4 is 44.7 Å². The molecule has 4 rings (SSSR count). The Kier molecular flexibility index (Phi) is 9.43. The third kappa shape index (κ3) is 5.97. The number of benzene rings is 4. The zero-order chi connectivity index (χ0) is 26.9. The zero-order valence-electron chi connectivity index (χ0n) is 20.3. The van der Waals surface area contributed by atoms with Gasteiger partial charge in [-0.3, -0.25) is 9.35 Å². The van der Waals surface area contributed by atoms with Crippen molar-refractivity contribution in [2.75, 3.05) is 12.4 Å². The van der Waals surface area contributed by atoms with Crippen LogP contribution in [0, 0.1) is 6.92 Å². The molecular weight excluding hydrogens is 564 g/mol. The van der Waals surface area contributed by atoms with Gasteiger partial charge in [0.05, 0.1) is 23.5 Å². The number of aryl methyl sites for hydroxylation is 1. The number of ether oxygens (including phenoxy) is 1. The summed E-state index contributed by atoms with van der Waals surface area (Å²) in [6.45, 7) is 1.61. The van der Waals surface area contributed by atoms with Crippen LogP contribution in [0.15, 0.2) is 75.8 Å². The van der Waals surface area contributed by atoms with E-state index in [0.29, 0.717) is 22.1 Å². The summed E-state index contributed by atoms with van der Waals surface area (Å²) in [5.41, 5.74) is -0.119. The molecular formula is C25H18Cl2N3NaO6S. The number of nitrogens with zero attached hydrogens (tertiary/aromatic N) is 2. The van der Waals surface area contributed by atoms with Crippen LogP contribution in [0.4, 0.5) is 17.1 Å². The number of hydrogen-bond donors (Lipinski definition) is 2. The number of anilines is 1. The van der Waals surface area contributed by atoms with Crippen molar-refractivity contribution in [2.24, 2.45) is 10.2 Å². The monoisotopic (exact) mass is 581 g/mol. The molecule has 190 valence electrons. The minimum Gasteiger partial charge on any atom is -0.870 e. The number of rotatable bonds is 6. The Labute approximate surface area is 250 Å². The van der Waals surface area contributed by atoms with Crippen LogP contribution in [0.2, 0.25) is 10.0 Å². The maximum absolute atomic E-state index is 13.4. The fourth-order valence-corrected chi connectivity index (χ4v) is 4.72. The van der Waals surface area contributed by atoms with Crippen LogP contribution in [0.25, 0.3) is 10.8 Å². The summed E-state index contributed by atoms with van der Waals surface area (Å²) in [4.78, 5) is 12.5. The van der Waals surface area contributed by atoms with Crippen molar-refractivity contribution in [3.05, 3.63) is 81.8 Å². The fraction of sp³-hybridized carbons (Fsp3) is 0.0800. The summed E-state index contributed by atoms with van der Waals surface area (Å²) in [6.07, 6.45) is 0. The van der Waals surface area contributed by atoms with Crippen molar-refractivity contribution in [2.45, 2.75) is 11.8 Å². The standard InChI is InChI=1S/C25H19Cl2N3O6S.Na/c1-13-10-11-19(37(33,34)35)23(20(13)26)30-29-22-15-7-4-3-6-14(15)12-16(24(22)31)25(32)28-17-8-5-9-18(36-2)21(17)27;/h3-12,31H,1-2H3,(H,28,32)(H,33,34,35);/q;+1/p-1. The third-order valence-corrected chi connectivity index (χ3v) is 7.20. The Morgan fingerprint density at radius 2 is 1.68 bits per heavy atom. The molecule has 0 bridgehead atoms. The van der Waals surface area contributed by atoms with Crippen molar-refractivity contribution in [3.8, 4) is 11.5 Å². The van der Waals surface area contributed by atoms with E-state index < -0.39 is 26.7 Å². The van der Waals surface area contributed by atoms with Gasteiger partial charge >= 0.3 is 29.6 Å². The Hall–Kier alpha value is -2.70. The van der Waals surface area contributed by atoms with Crippen molar-refractivity contribution in [1.29, 1.82) is 0 Å². The summed E-state index contributed by atoms with van der Waals surface area (Å²) in [6, 6.07) is 15.4. The summed E-state index contributed by atoms with van der Waals surface area (Å²) in [5.74, 6) is -1.19. The first kappa shape index (κ1) is 29.9. The summed E-state index contributed by atoms with van der Waals surface area (Å²) in [5, 5.41) is 24.9. The summed E-state index contributed by atoms with van der Waals surface area (Å²) >= 11 is 12.5. The average molecular weight is 582 g/mol. The molecule has 0 radical (unpaired) electrons. The number of nitrogens with one attached hydrogen (secondary N) is 1. The van der Waals surface area contributed by atoms with E-state index in [9.17, 15) is 22.9 Å². The van der Waals surface area contributed by atoms with Gasteiger partial charge in [0.25, 0.3) is 16.0 Å². The first-order valence-electron chi connectivity index (χ1n) is 10.6. The smallest absolute Gasteiger partial charge is 0.870 e. The van der Waals surface area contributed by atoms with Gasteiger partial charge in [-0.15, -0.1) is 5.11 Å². The molecule has 0 unspecified atom stereocenters. The van der Waals surface area contributed by atoms with Crippen molar-refractivity contribution < 1.29 is 57.2 Å². The van der Waals surface area contributed by atoms with Crippen LogP contribution in [0.5, 0.6) is 11.5 Å². The normalized spacial score (nSPS) is 11.4. The zero-order valence-corrected chi connectivity index (χ0v) is 24.6. The van der Waals surface area contributed by atoms with Gasteiger partial charge in [-0.25, -0.2) is 0 Å². The van der Waals surface area contributed by atoms with Gasteiger partial charge in [-0.2, -0.15) is 13.5 Å². The molecule has 0 aliphatic carbocycles. The second-order valence-electron chi connectivity index (χ2n) is 7.82. The molecule has 4 aromatic carbocycles. The Balaban J connectivity index is 0.00000400. The predicted octanol–water partition coefficient (Wildman–Crippen LogP) is 3.46. The number of carbonyl (C=O) groups excluding carboxylic acids is 1. The van der Waals surface area contributed by atoms with Crippen LogP contribution >= 0.6 is 23.2 Å². The van der Waals surface area contributed by atoms with Crippen molar-refractivity contribution in [3.63, 3.8) is 0 Å². The van der Waals surface area contributed by atoms with E-state index in [1.165, 1.54) is 19.2 Å². The molecule has 13 heteroatoms. The molecule has 9 nitrogen and oxygen atoms in total. The minimum absolute atomic E-state index is 0. The summed E-state index contributed by atoms with van der Waals surface area (Å²) < 4.78 is 38.5. The summed E-state index contributed by atoms with van der Waals surface area (Å²) in [7, 11) is -3.27. The van der Waals surface area contributed by atoms with Crippen LogP contribution in [-0.2, 0) is 10.1 Å². The van der Waals surface area contributed by atoms with Crippen LogP contribution in [-0.4, -0.2) is 26.0 Å². The molecule has 0 aliphatic heterocycles. The molecule has 38 heavy (non-hydrogen) atoms. The second-order valence-corrected chi connectivity index (χ2v) is 9.96. The average Bonchev–Trinajstić information content (AvgIpc) is 2.86. The molecule has 4 aromatic rings. The Morgan fingerprint density at radius 3 is 2.37 bits per heavy atom. The van der Waals surface area contributed by atoms with E-state index >= 15 is 0 Å².